The number of hydrogen-bond donors (Lipinski definition) is 1. The van der Waals surface area contributed by atoms with Gasteiger partial charge in [-0.25, -0.2) is 4.98 Å². The molecule has 0 aliphatic rings. The first-order chi connectivity index (χ1) is 8.06. The minimum atomic E-state index is -0.381. The van der Waals surface area contributed by atoms with Crippen molar-refractivity contribution in [1.82, 2.24) is 9.55 Å². The molecule has 2 aromatic rings. The molecule has 1 unspecified atom stereocenters. The number of aromatic nitrogens is 2. The summed E-state index contributed by atoms with van der Waals surface area (Å²) >= 11 is 1.67. The smallest absolute Gasteiger partial charge is 0.0898 e. The second kappa shape index (κ2) is 5.02. The molecule has 0 aromatic carbocycles. The van der Waals surface area contributed by atoms with E-state index in [-0.39, 0.29) is 12.0 Å². The van der Waals surface area contributed by atoms with E-state index in [1.807, 2.05) is 39.2 Å². The maximum atomic E-state index is 9.95. The van der Waals surface area contributed by atoms with E-state index in [9.17, 15) is 5.11 Å². The molecule has 92 valence electrons. The molecule has 0 radical (unpaired) electrons. The van der Waals surface area contributed by atoms with Crippen molar-refractivity contribution in [3.8, 4) is 0 Å². The standard InChI is InChI=1S/C13H18N2OS/c1-9(2)13(16)11-4-5-15(6-11)7-12-8-17-10(3)14-12/h4-6,8-9,13,16H,7H2,1-3H3. The van der Waals surface area contributed by atoms with Crippen LogP contribution in [-0.2, 0) is 6.54 Å². The second-order valence-corrected chi connectivity index (χ2v) is 5.73. The number of aliphatic hydroxyl groups excluding tert-OH is 1. The van der Waals surface area contributed by atoms with Crippen molar-refractivity contribution in [2.45, 2.75) is 33.4 Å². The average molecular weight is 250 g/mol. The topological polar surface area (TPSA) is 38.0 Å². The molecule has 2 heterocycles. The van der Waals surface area contributed by atoms with Crippen LogP contribution in [0.4, 0.5) is 0 Å². The van der Waals surface area contributed by atoms with Crippen LogP contribution in [0.5, 0.6) is 0 Å². The van der Waals surface area contributed by atoms with Crippen molar-refractivity contribution in [3.63, 3.8) is 0 Å². The molecule has 3 nitrogen and oxygen atoms in total. The molecule has 0 aliphatic carbocycles. The predicted molar refractivity (Wildman–Crippen MR) is 70.2 cm³/mol. The highest BCUT2D eigenvalue weighted by atomic mass is 32.1. The number of hydrogen-bond acceptors (Lipinski definition) is 3. The monoisotopic (exact) mass is 250 g/mol. The molecule has 2 rings (SSSR count). The Morgan fingerprint density at radius 3 is 2.82 bits per heavy atom. The van der Waals surface area contributed by atoms with Gasteiger partial charge in [0.2, 0.25) is 0 Å². The molecule has 4 heteroatoms. The fourth-order valence-corrected chi connectivity index (χ4v) is 2.39. The van der Waals surface area contributed by atoms with Gasteiger partial charge in [-0.15, -0.1) is 11.3 Å². The molecule has 0 saturated heterocycles. The van der Waals surface area contributed by atoms with Gasteiger partial charge >= 0.3 is 0 Å². The van der Waals surface area contributed by atoms with Gasteiger partial charge in [-0.2, -0.15) is 0 Å². The Kier molecular flexibility index (Phi) is 3.64. The third kappa shape index (κ3) is 2.96. The zero-order valence-corrected chi connectivity index (χ0v) is 11.2. The Hall–Kier alpha value is -1.13. The van der Waals surface area contributed by atoms with Gasteiger partial charge in [0.05, 0.1) is 23.4 Å². The highest BCUT2D eigenvalue weighted by molar-refractivity contribution is 7.09. The minimum Gasteiger partial charge on any atom is -0.388 e. The van der Waals surface area contributed by atoms with E-state index >= 15 is 0 Å². The van der Waals surface area contributed by atoms with Crippen molar-refractivity contribution in [2.24, 2.45) is 5.92 Å². The summed E-state index contributed by atoms with van der Waals surface area (Å²) in [6, 6.07) is 1.98. The first-order valence-corrected chi connectivity index (χ1v) is 6.69. The van der Waals surface area contributed by atoms with Gasteiger partial charge in [0.15, 0.2) is 0 Å². The fraction of sp³-hybridized carbons (Fsp3) is 0.462. The van der Waals surface area contributed by atoms with Gasteiger partial charge < -0.3 is 9.67 Å². The Morgan fingerprint density at radius 2 is 2.24 bits per heavy atom. The lowest BCUT2D eigenvalue weighted by atomic mass is 10.0. The molecule has 17 heavy (non-hydrogen) atoms. The largest absolute Gasteiger partial charge is 0.388 e. The van der Waals surface area contributed by atoms with Crippen molar-refractivity contribution in [3.05, 3.63) is 40.1 Å². The first-order valence-electron chi connectivity index (χ1n) is 5.81. The summed E-state index contributed by atoms with van der Waals surface area (Å²) in [7, 11) is 0. The Labute approximate surface area is 106 Å². The molecule has 0 spiro atoms. The number of thiazole rings is 1. The van der Waals surface area contributed by atoms with E-state index < -0.39 is 0 Å². The lowest BCUT2D eigenvalue weighted by Gasteiger charge is -2.12. The molecule has 2 aromatic heterocycles. The van der Waals surface area contributed by atoms with Crippen molar-refractivity contribution < 1.29 is 5.11 Å². The SMILES string of the molecule is Cc1nc(Cn2ccc(C(O)C(C)C)c2)cs1. The Morgan fingerprint density at radius 1 is 1.47 bits per heavy atom. The van der Waals surface area contributed by atoms with Gasteiger partial charge in [-0.1, -0.05) is 13.8 Å². The summed E-state index contributed by atoms with van der Waals surface area (Å²) in [5.41, 5.74) is 2.06. The van der Waals surface area contributed by atoms with Crippen LogP contribution in [0.2, 0.25) is 0 Å². The number of aryl methyl sites for hydroxylation is 1. The molecule has 1 atom stereocenters. The van der Waals surface area contributed by atoms with Crippen LogP contribution in [0.3, 0.4) is 0 Å². The van der Waals surface area contributed by atoms with Gasteiger partial charge in [0.1, 0.15) is 0 Å². The summed E-state index contributed by atoms with van der Waals surface area (Å²) in [4.78, 5) is 4.43. The van der Waals surface area contributed by atoms with Crippen LogP contribution < -0.4 is 0 Å². The Balaban J connectivity index is 2.08. The molecule has 1 N–H and O–H groups in total. The highest BCUT2D eigenvalue weighted by Gasteiger charge is 2.13. The zero-order valence-electron chi connectivity index (χ0n) is 10.4. The molecule has 0 saturated carbocycles. The molecule has 0 amide bonds. The molecular formula is C13H18N2OS. The van der Waals surface area contributed by atoms with E-state index in [4.69, 9.17) is 0 Å². The van der Waals surface area contributed by atoms with Gasteiger partial charge in [0, 0.05) is 17.8 Å². The van der Waals surface area contributed by atoms with Gasteiger partial charge in [-0.05, 0) is 24.5 Å². The summed E-state index contributed by atoms with van der Waals surface area (Å²) in [6.07, 6.45) is 3.61. The predicted octanol–water partition coefficient (Wildman–Crippen LogP) is 2.99. The third-order valence-electron chi connectivity index (χ3n) is 2.76. The number of rotatable bonds is 4. The van der Waals surface area contributed by atoms with E-state index in [2.05, 4.69) is 14.9 Å². The second-order valence-electron chi connectivity index (χ2n) is 4.66. The quantitative estimate of drug-likeness (QED) is 0.906. The van der Waals surface area contributed by atoms with E-state index in [1.54, 1.807) is 11.3 Å². The van der Waals surface area contributed by atoms with Crippen molar-refractivity contribution in [2.75, 3.05) is 0 Å². The third-order valence-corrected chi connectivity index (χ3v) is 3.58. The Bertz CT molecular complexity index is 487. The maximum Gasteiger partial charge on any atom is 0.0898 e. The molecule has 0 aliphatic heterocycles. The van der Waals surface area contributed by atoms with Crippen LogP contribution in [0.25, 0.3) is 0 Å². The average Bonchev–Trinajstić information content (AvgIpc) is 2.87. The maximum absolute atomic E-state index is 9.95. The van der Waals surface area contributed by atoms with Crippen LogP contribution in [-0.4, -0.2) is 14.7 Å². The summed E-state index contributed by atoms with van der Waals surface area (Å²) in [5, 5.41) is 13.1. The van der Waals surface area contributed by atoms with Crippen LogP contribution >= 0.6 is 11.3 Å². The summed E-state index contributed by atoms with van der Waals surface area (Å²) < 4.78 is 2.06. The van der Waals surface area contributed by atoms with Crippen LogP contribution in [0, 0.1) is 12.8 Å². The number of aliphatic hydroxyl groups is 1. The van der Waals surface area contributed by atoms with E-state index in [0.29, 0.717) is 0 Å². The van der Waals surface area contributed by atoms with Gasteiger partial charge in [0.25, 0.3) is 0 Å². The first kappa shape index (κ1) is 12.3. The zero-order chi connectivity index (χ0) is 12.4. The fourth-order valence-electron chi connectivity index (χ4n) is 1.79. The van der Waals surface area contributed by atoms with Crippen molar-refractivity contribution >= 4 is 11.3 Å². The minimum absolute atomic E-state index is 0.243. The number of nitrogens with zero attached hydrogens (tertiary/aromatic N) is 2. The summed E-state index contributed by atoms with van der Waals surface area (Å²) in [5.74, 6) is 0.243. The van der Waals surface area contributed by atoms with E-state index in [1.165, 1.54) is 0 Å². The van der Waals surface area contributed by atoms with Crippen LogP contribution in [0.1, 0.15) is 36.2 Å². The normalized spacial score (nSPS) is 13.2. The molecule has 0 bridgehead atoms. The molecule has 0 fully saturated rings. The van der Waals surface area contributed by atoms with Crippen LogP contribution in [0.15, 0.2) is 23.8 Å². The molecular weight excluding hydrogens is 232 g/mol. The summed E-state index contributed by atoms with van der Waals surface area (Å²) in [6.45, 7) is 6.82. The lowest BCUT2D eigenvalue weighted by molar-refractivity contribution is 0.127. The van der Waals surface area contributed by atoms with Gasteiger partial charge in [-0.3, -0.25) is 0 Å². The van der Waals surface area contributed by atoms with Crippen molar-refractivity contribution in [1.29, 1.82) is 0 Å². The lowest BCUT2D eigenvalue weighted by Crippen LogP contribution is -2.04. The highest BCUT2D eigenvalue weighted by Crippen LogP contribution is 2.21. The van der Waals surface area contributed by atoms with E-state index in [0.717, 1.165) is 22.8 Å².